The largest absolute Gasteiger partial charge is 0.466 e. The number of ether oxygens (including phenoxy) is 3. The van der Waals surface area contributed by atoms with E-state index < -0.39 is 0 Å². The average Bonchev–Trinajstić information content (AvgIpc) is 3.08. The van der Waals surface area contributed by atoms with Crippen LogP contribution in [0, 0.1) is 5.92 Å². The Morgan fingerprint density at radius 2 is 2.12 bits per heavy atom. The van der Waals surface area contributed by atoms with Crippen molar-refractivity contribution in [1.82, 2.24) is 4.90 Å². The number of hydrogen-bond donors (Lipinski definition) is 1. The van der Waals surface area contributed by atoms with E-state index in [2.05, 4.69) is 10.2 Å². The summed E-state index contributed by atoms with van der Waals surface area (Å²) in [5, 5.41) is 2.87. The molecule has 1 N–H and O–H groups in total. The molecule has 2 heterocycles. The number of esters is 1. The summed E-state index contributed by atoms with van der Waals surface area (Å²) in [6.45, 7) is 4.64. The van der Waals surface area contributed by atoms with Gasteiger partial charge in [-0.2, -0.15) is 0 Å². The minimum atomic E-state index is -0.128. The fourth-order valence-electron chi connectivity index (χ4n) is 3.17. The third-order valence-corrected chi connectivity index (χ3v) is 4.44. The maximum atomic E-state index is 12.2. The van der Waals surface area contributed by atoms with Crippen LogP contribution in [0.25, 0.3) is 0 Å². The number of rotatable bonds is 6. The molecule has 1 aromatic carbocycles. The van der Waals surface area contributed by atoms with Crippen molar-refractivity contribution >= 4 is 30.0 Å². The molecule has 0 saturated carbocycles. The van der Waals surface area contributed by atoms with Gasteiger partial charge >= 0.3 is 5.97 Å². The van der Waals surface area contributed by atoms with Gasteiger partial charge in [0.1, 0.15) is 0 Å². The van der Waals surface area contributed by atoms with Crippen molar-refractivity contribution in [2.75, 3.05) is 38.4 Å². The summed E-state index contributed by atoms with van der Waals surface area (Å²) >= 11 is 0. The van der Waals surface area contributed by atoms with E-state index in [1.54, 1.807) is 18.2 Å². The van der Waals surface area contributed by atoms with Crippen molar-refractivity contribution in [3.05, 3.63) is 18.2 Å². The van der Waals surface area contributed by atoms with Gasteiger partial charge in [0.25, 0.3) is 0 Å². The molecule has 0 aromatic heterocycles. The highest BCUT2D eigenvalue weighted by Crippen LogP contribution is 2.34. The molecule has 0 spiro atoms. The third-order valence-electron chi connectivity index (χ3n) is 4.44. The molecular formula is C18H25ClN2O5. The Balaban J connectivity index is 0.00000243. The average molecular weight is 385 g/mol. The molecule has 1 amide bonds. The normalized spacial score (nSPS) is 18.7. The highest BCUT2D eigenvalue weighted by molar-refractivity contribution is 5.91. The van der Waals surface area contributed by atoms with E-state index in [1.165, 1.54) is 0 Å². The molecule has 2 aliphatic rings. The van der Waals surface area contributed by atoms with Gasteiger partial charge in [0, 0.05) is 31.3 Å². The van der Waals surface area contributed by atoms with Crippen LogP contribution in [0.4, 0.5) is 5.69 Å². The highest BCUT2D eigenvalue weighted by Gasteiger charge is 2.26. The second-order valence-electron chi connectivity index (χ2n) is 6.26. The fraction of sp³-hybridized carbons (Fsp3) is 0.556. The lowest BCUT2D eigenvalue weighted by Crippen LogP contribution is -2.40. The van der Waals surface area contributed by atoms with Crippen LogP contribution in [0.1, 0.15) is 26.2 Å². The van der Waals surface area contributed by atoms with Crippen LogP contribution >= 0.6 is 12.4 Å². The first kappa shape index (κ1) is 20.3. The number of carbonyl (C=O) groups is 2. The molecule has 0 aliphatic carbocycles. The topological polar surface area (TPSA) is 77.1 Å². The van der Waals surface area contributed by atoms with Crippen molar-refractivity contribution < 1.29 is 23.8 Å². The Morgan fingerprint density at radius 1 is 1.31 bits per heavy atom. The third kappa shape index (κ3) is 5.25. The summed E-state index contributed by atoms with van der Waals surface area (Å²) < 4.78 is 15.7. The molecule has 2 aliphatic heterocycles. The van der Waals surface area contributed by atoms with Gasteiger partial charge in [-0.15, -0.1) is 12.4 Å². The second-order valence-corrected chi connectivity index (χ2v) is 6.26. The zero-order valence-electron chi connectivity index (χ0n) is 14.9. The molecule has 1 unspecified atom stereocenters. The van der Waals surface area contributed by atoms with Gasteiger partial charge in [-0.05, 0) is 38.4 Å². The predicted molar refractivity (Wildman–Crippen MR) is 98.9 cm³/mol. The predicted octanol–water partition coefficient (Wildman–Crippen LogP) is 2.44. The summed E-state index contributed by atoms with van der Waals surface area (Å²) in [7, 11) is 0. The van der Waals surface area contributed by atoms with Gasteiger partial charge in [0.15, 0.2) is 11.5 Å². The summed E-state index contributed by atoms with van der Waals surface area (Å²) in [5.74, 6) is 1.07. The molecule has 3 rings (SSSR count). The summed E-state index contributed by atoms with van der Waals surface area (Å²) in [4.78, 5) is 26.2. The number of nitrogens with zero attached hydrogens (tertiary/aromatic N) is 1. The van der Waals surface area contributed by atoms with Gasteiger partial charge in [-0.1, -0.05) is 0 Å². The number of fused-ring (bicyclic) bond motifs is 1. The van der Waals surface area contributed by atoms with E-state index in [4.69, 9.17) is 14.2 Å². The maximum Gasteiger partial charge on any atom is 0.310 e. The van der Waals surface area contributed by atoms with E-state index >= 15 is 0 Å². The van der Waals surface area contributed by atoms with Gasteiger partial charge < -0.3 is 24.4 Å². The zero-order chi connectivity index (χ0) is 17.6. The minimum Gasteiger partial charge on any atom is -0.466 e. The molecule has 1 aromatic rings. The number of carbonyl (C=O) groups excluding carboxylic acids is 2. The van der Waals surface area contributed by atoms with E-state index in [-0.39, 0.29) is 37.0 Å². The number of halogens is 1. The standard InChI is InChI=1S/C18H24N2O5.ClH/c1-2-23-18(22)13-4-3-8-20(11-13)9-7-17(21)19-14-5-6-15-16(10-14)25-12-24-15;/h5-6,10,13H,2-4,7-9,11-12H2,1H3,(H,19,21);1H. The fourth-order valence-corrected chi connectivity index (χ4v) is 3.17. The number of piperidine rings is 1. The molecule has 1 saturated heterocycles. The van der Waals surface area contributed by atoms with E-state index in [1.807, 2.05) is 6.92 Å². The van der Waals surface area contributed by atoms with Crippen molar-refractivity contribution in [2.24, 2.45) is 5.92 Å². The van der Waals surface area contributed by atoms with E-state index in [0.717, 1.165) is 19.4 Å². The molecule has 144 valence electrons. The number of likely N-dealkylation sites (tertiary alicyclic amines) is 1. The Kier molecular flexibility index (Phi) is 7.53. The van der Waals surface area contributed by atoms with Gasteiger partial charge in [-0.25, -0.2) is 0 Å². The Morgan fingerprint density at radius 3 is 2.92 bits per heavy atom. The molecule has 0 radical (unpaired) electrons. The van der Waals surface area contributed by atoms with Crippen LogP contribution in [0.2, 0.25) is 0 Å². The van der Waals surface area contributed by atoms with Crippen molar-refractivity contribution in [1.29, 1.82) is 0 Å². The Bertz CT molecular complexity index is 640. The molecule has 8 heteroatoms. The SMILES string of the molecule is CCOC(=O)C1CCCN(CCC(=O)Nc2ccc3c(c2)OCO3)C1.Cl. The maximum absolute atomic E-state index is 12.2. The number of nitrogens with one attached hydrogen (secondary N) is 1. The number of amides is 1. The lowest BCUT2D eigenvalue weighted by molar-refractivity contribution is -0.149. The number of benzene rings is 1. The minimum absolute atomic E-state index is 0. The van der Waals surface area contributed by atoms with Gasteiger partial charge in [0.2, 0.25) is 12.7 Å². The van der Waals surface area contributed by atoms with Crippen LogP contribution in [0.5, 0.6) is 11.5 Å². The molecule has 7 nitrogen and oxygen atoms in total. The number of hydrogen-bond acceptors (Lipinski definition) is 6. The molecule has 0 bridgehead atoms. The monoisotopic (exact) mass is 384 g/mol. The van der Waals surface area contributed by atoms with Crippen LogP contribution in [-0.2, 0) is 14.3 Å². The first-order chi connectivity index (χ1) is 12.2. The quantitative estimate of drug-likeness (QED) is 0.759. The van der Waals surface area contributed by atoms with Crippen LogP contribution < -0.4 is 14.8 Å². The summed E-state index contributed by atoms with van der Waals surface area (Å²) in [6, 6.07) is 5.34. The van der Waals surface area contributed by atoms with Gasteiger partial charge in [-0.3, -0.25) is 9.59 Å². The van der Waals surface area contributed by atoms with Crippen molar-refractivity contribution in [2.45, 2.75) is 26.2 Å². The zero-order valence-corrected chi connectivity index (χ0v) is 15.7. The second kappa shape index (κ2) is 9.64. The van der Waals surface area contributed by atoms with E-state index in [0.29, 0.717) is 43.3 Å². The summed E-state index contributed by atoms with van der Waals surface area (Å²) in [5.41, 5.74) is 0.692. The molecular weight excluding hydrogens is 360 g/mol. The molecule has 1 atom stereocenters. The number of anilines is 1. The Hall–Kier alpha value is -1.99. The van der Waals surface area contributed by atoms with Gasteiger partial charge in [0.05, 0.1) is 12.5 Å². The lowest BCUT2D eigenvalue weighted by Gasteiger charge is -2.31. The highest BCUT2D eigenvalue weighted by atomic mass is 35.5. The molecule has 1 fully saturated rings. The van der Waals surface area contributed by atoms with Crippen LogP contribution in [0.15, 0.2) is 18.2 Å². The molecule has 26 heavy (non-hydrogen) atoms. The van der Waals surface area contributed by atoms with Crippen molar-refractivity contribution in [3.8, 4) is 11.5 Å². The Labute approximate surface area is 159 Å². The first-order valence-electron chi connectivity index (χ1n) is 8.74. The van der Waals surface area contributed by atoms with Crippen molar-refractivity contribution in [3.63, 3.8) is 0 Å². The summed E-state index contributed by atoms with van der Waals surface area (Å²) in [6.07, 6.45) is 2.19. The van der Waals surface area contributed by atoms with Crippen LogP contribution in [-0.4, -0.2) is 49.8 Å². The van der Waals surface area contributed by atoms with E-state index in [9.17, 15) is 9.59 Å². The lowest BCUT2D eigenvalue weighted by atomic mass is 9.98. The van der Waals surface area contributed by atoms with Crippen LogP contribution in [0.3, 0.4) is 0 Å². The smallest absolute Gasteiger partial charge is 0.310 e. The first-order valence-corrected chi connectivity index (χ1v) is 8.74.